The Kier molecular flexibility index (Phi) is 2.52. The quantitative estimate of drug-likeness (QED) is 0.748. The van der Waals surface area contributed by atoms with Crippen molar-refractivity contribution in [1.29, 1.82) is 0 Å². The minimum atomic E-state index is 0.505. The molecule has 0 amide bonds. The van der Waals surface area contributed by atoms with Crippen LogP contribution in [-0.4, -0.2) is 30.6 Å². The minimum absolute atomic E-state index is 0.505. The zero-order valence-electron chi connectivity index (χ0n) is 9.86. The van der Waals surface area contributed by atoms with E-state index in [0.717, 1.165) is 23.7 Å². The third-order valence-electron chi connectivity index (χ3n) is 5.00. The van der Waals surface area contributed by atoms with Crippen molar-refractivity contribution in [3.63, 3.8) is 0 Å². The summed E-state index contributed by atoms with van der Waals surface area (Å²) in [4.78, 5) is 2.70. The van der Waals surface area contributed by atoms with Gasteiger partial charge in [-0.2, -0.15) is 0 Å². The van der Waals surface area contributed by atoms with Crippen LogP contribution in [0.15, 0.2) is 0 Å². The molecule has 0 aromatic carbocycles. The SMILES string of the molecule is CC1CC1CN1CC2CCCC(N)C2C1. The molecule has 1 aliphatic heterocycles. The zero-order chi connectivity index (χ0) is 10.4. The van der Waals surface area contributed by atoms with Crippen LogP contribution >= 0.6 is 0 Å². The summed E-state index contributed by atoms with van der Waals surface area (Å²) in [5, 5.41) is 0. The zero-order valence-corrected chi connectivity index (χ0v) is 9.86. The van der Waals surface area contributed by atoms with Gasteiger partial charge in [-0.3, -0.25) is 0 Å². The fraction of sp³-hybridized carbons (Fsp3) is 1.00. The van der Waals surface area contributed by atoms with Crippen molar-refractivity contribution in [2.24, 2.45) is 29.4 Å². The first kappa shape index (κ1) is 10.1. The van der Waals surface area contributed by atoms with Crippen LogP contribution < -0.4 is 5.73 Å². The lowest BCUT2D eigenvalue weighted by Gasteiger charge is -2.29. The van der Waals surface area contributed by atoms with E-state index < -0.39 is 0 Å². The maximum atomic E-state index is 6.23. The smallest absolute Gasteiger partial charge is 0.00825 e. The summed E-state index contributed by atoms with van der Waals surface area (Å²) in [6.07, 6.45) is 5.55. The second-order valence-corrected chi connectivity index (χ2v) is 6.21. The van der Waals surface area contributed by atoms with E-state index in [4.69, 9.17) is 5.73 Å². The summed E-state index contributed by atoms with van der Waals surface area (Å²) < 4.78 is 0. The van der Waals surface area contributed by atoms with Crippen LogP contribution in [0.4, 0.5) is 0 Å². The molecule has 2 N–H and O–H groups in total. The molecule has 0 bridgehead atoms. The van der Waals surface area contributed by atoms with Crippen LogP contribution in [0.2, 0.25) is 0 Å². The van der Waals surface area contributed by atoms with Crippen molar-refractivity contribution in [1.82, 2.24) is 4.90 Å². The summed E-state index contributed by atoms with van der Waals surface area (Å²) in [7, 11) is 0. The molecule has 0 spiro atoms. The monoisotopic (exact) mass is 208 g/mol. The van der Waals surface area contributed by atoms with Gasteiger partial charge in [0.1, 0.15) is 0 Å². The van der Waals surface area contributed by atoms with Crippen molar-refractivity contribution in [2.45, 2.75) is 38.6 Å². The first-order valence-corrected chi connectivity index (χ1v) is 6.72. The molecule has 15 heavy (non-hydrogen) atoms. The first-order valence-electron chi connectivity index (χ1n) is 6.72. The van der Waals surface area contributed by atoms with Gasteiger partial charge in [0.25, 0.3) is 0 Å². The molecule has 0 aromatic rings. The van der Waals surface area contributed by atoms with Crippen molar-refractivity contribution >= 4 is 0 Å². The Morgan fingerprint density at radius 3 is 2.73 bits per heavy atom. The third-order valence-corrected chi connectivity index (χ3v) is 5.00. The highest BCUT2D eigenvalue weighted by Gasteiger charge is 2.41. The lowest BCUT2D eigenvalue weighted by molar-refractivity contribution is 0.259. The molecule has 3 rings (SSSR count). The van der Waals surface area contributed by atoms with Crippen LogP contribution in [0.3, 0.4) is 0 Å². The average molecular weight is 208 g/mol. The molecule has 3 fully saturated rings. The van der Waals surface area contributed by atoms with Crippen molar-refractivity contribution in [3.05, 3.63) is 0 Å². The number of likely N-dealkylation sites (tertiary alicyclic amines) is 1. The van der Waals surface area contributed by atoms with Crippen LogP contribution in [0, 0.1) is 23.7 Å². The molecule has 5 atom stereocenters. The molecule has 1 heterocycles. The molecule has 0 radical (unpaired) electrons. The predicted molar refractivity (Wildman–Crippen MR) is 62.5 cm³/mol. The average Bonchev–Trinajstić information content (AvgIpc) is 2.75. The van der Waals surface area contributed by atoms with Gasteiger partial charge in [-0.1, -0.05) is 13.3 Å². The highest BCUT2D eigenvalue weighted by atomic mass is 15.2. The van der Waals surface area contributed by atoms with Gasteiger partial charge in [-0.05, 0) is 42.9 Å². The number of nitrogens with zero attached hydrogens (tertiary/aromatic N) is 1. The molecule has 0 aromatic heterocycles. The van der Waals surface area contributed by atoms with Gasteiger partial charge < -0.3 is 10.6 Å². The standard InChI is InChI=1S/C13H24N2/c1-9-5-11(9)7-15-6-10-3-2-4-13(14)12(10)8-15/h9-13H,2-8,14H2,1H3. The first-order chi connectivity index (χ1) is 7.24. The van der Waals surface area contributed by atoms with Crippen LogP contribution in [0.25, 0.3) is 0 Å². The Morgan fingerprint density at radius 1 is 1.27 bits per heavy atom. The van der Waals surface area contributed by atoms with Crippen LogP contribution in [-0.2, 0) is 0 Å². The van der Waals surface area contributed by atoms with E-state index in [1.807, 2.05) is 0 Å². The third kappa shape index (κ3) is 1.94. The number of hydrogen-bond donors (Lipinski definition) is 1. The van der Waals surface area contributed by atoms with Crippen LogP contribution in [0.1, 0.15) is 32.6 Å². The van der Waals surface area contributed by atoms with Gasteiger partial charge in [0.05, 0.1) is 0 Å². The molecular formula is C13H24N2. The van der Waals surface area contributed by atoms with E-state index in [1.165, 1.54) is 45.3 Å². The Balaban J connectivity index is 1.56. The number of hydrogen-bond acceptors (Lipinski definition) is 2. The van der Waals surface area contributed by atoms with E-state index >= 15 is 0 Å². The van der Waals surface area contributed by atoms with E-state index in [-0.39, 0.29) is 0 Å². The second-order valence-electron chi connectivity index (χ2n) is 6.21. The number of rotatable bonds is 2. The van der Waals surface area contributed by atoms with E-state index in [9.17, 15) is 0 Å². The molecule has 5 unspecified atom stereocenters. The Hall–Kier alpha value is -0.0800. The Bertz CT molecular complexity index is 241. The molecule has 2 heteroatoms. The lowest BCUT2D eigenvalue weighted by atomic mass is 9.78. The molecule has 3 aliphatic rings. The Morgan fingerprint density at radius 2 is 2.07 bits per heavy atom. The van der Waals surface area contributed by atoms with Crippen molar-refractivity contribution in [3.8, 4) is 0 Å². The van der Waals surface area contributed by atoms with Gasteiger partial charge in [0.2, 0.25) is 0 Å². The fourth-order valence-electron chi connectivity index (χ4n) is 3.74. The number of fused-ring (bicyclic) bond motifs is 1. The largest absolute Gasteiger partial charge is 0.327 e. The van der Waals surface area contributed by atoms with Crippen molar-refractivity contribution < 1.29 is 0 Å². The summed E-state index contributed by atoms with van der Waals surface area (Å²) in [6.45, 7) is 6.40. The van der Waals surface area contributed by atoms with E-state index in [1.54, 1.807) is 0 Å². The maximum absolute atomic E-state index is 6.23. The second kappa shape index (κ2) is 3.74. The normalized spacial score (nSPS) is 50.4. The molecule has 1 saturated heterocycles. The summed E-state index contributed by atoms with van der Waals surface area (Å²) in [5.74, 6) is 3.78. The molecule has 86 valence electrons. The fourth-order valence-corrected chi connectivity index (χ4v) is 3.74. The van der Waals surface area contributed by atoms with E-state index in [0.29, 0.717) is 6.04 Å². The Labute approximate surface area is 93.2 Å². The van der Waals surface area contributed by atoms with Gasteiger partial charge in [-0.25, -0.2) is 0 Å². The maximum Gasteiger partial charge on any atom is 0.00825 e. The van der Waals surface area contributed by atoms with Crippen LogP contribution in [0.5, 0.6) is 0 Å². The number of nitrogens with two attached hydrogens (primary N) is 1. The summed E-state index contributed by atoms with van der Waals surface area (Å²) in [6, 6.07) is 0.505. The lowest BCUT2D eigenvalue weighted by Crippen LogP contribution is -2.38. The van der Waals surface area contributed by atoms with Gasteiger partial charge >= 0.3 is 0 Å². The molecule has 2 saturated carbocycles. The van der Waals surface area contributed by atoms with E-state index in [2.05, 4.69) is 11.8 Å². The van der Waals surface area contributed by atoms with Gasteiger partial charge in [0.15, 0.2) is 0 Å². The molecular weight excluding hydrogens is 184 g/mol. The van der Waals surface area contributed by atoms with Crippen molar-refractivity contribution in [2.75, 3.05) is 19.6 Å². The topological polar surface area (TPSA) is 29.3 Å². The van der Waals surface area contributed by atoms with Gasteiger partial charge in [-0.15, -0.1) is 0 Å². The predicted octanol–water partition coefficient (Wildman–Crippen LogP) is 1.70. The summed E-state index contributed by atoms with van der Waals surface area (Å²) >= 11 is 0. The highest BCUT2D eigenvalue weighted by Crippen LogP contribution is 2.41. The van der Waals surface area contributed by atoms with Gasteiger partial charge in [0, 0.05) is 25.7 Å². The summed E-state index contributed by atoms with van der Waals surface area (Å²) in [5.41, 5.74) is 6.23. The molecule has 2 aliphatic carbocycles. The highest BCUT2D eigenvalue weighted by molar-refractivity contribution is 4.95. The molecule has 2 nitrogen and oxygen atoms in total. The minimum Gasteiger partial charge on any atom is -0.327 e.